The number of carbonyl (C=O) groups excluding carboxylic acids is 1. The predicted octanol–water partition coefficient (Wildman–Crippen LogP) is 2.20. The van der Waals surface area contributed by atoms with Gasteiger partial charge < -0.3 is 15.2 Å². The molecule has 1 aromatic rings. The average Bonchev–Trinajstić information content (AvgIpc) is 2.30. The number of aromatic carboxylic acids is 1. The first-order valence-electron chi connectivity index (χ1n) is 4.97. The van der Waals surface area contributed by atoms with E-state index in [-0.39, 0.29) is 21.4 Å². The van der Waals surface area contributed by atoms with E-state index < -0.39 is 18.0 Å². The van der Waals surface area contributed by atoms with Gasteiger partial charge in [0.25, 0.3) is 5.91 Å². The van der Waals surface area contributed by atoms with Crippen LogP contribution in [0.3, 0.4) is 0 Å². The lowest BCUT2D eigenvalue weighted by molar-refractivity contribution is -0.126. The molecule has 7 heteroatoms. The van der Waals surface area contributed by atoms with Crippen molar-refractivity contribution >= 4 is 35.1 Å². The van der Waals surface area contributed by atoms with Crippen LogP contribution in [-0.4, -0.2) is 30.1 Å². The molecule has 0 radical (unpaired) electrons. The third-order valence-electron chi connectivity index (χ3n) is 2.15. The third-order valence-corrected chi connectivity index (χ3v) is 2.65. The Morgan fingerprint density at radius 2 is 2.00 bits per heavy atom. The standard InChI is InChI=1S/C11H11Cl2NO4/c1-5(10(15)14-2)18-9-7(11(16)17)3-6(12)4-8(9)13/h3-5H,1-2H3,(H,14,15)(H,16,17). The van der Waals surface area contributed by atoms with Crippen LogP contribution in [0, 0.1) is 0 Å². The fourth-order valence-corrected chi connectivity index (χ4v) is 1.81. The van der Waals surface area contributed by atoms with Gasteiger partial charge in [-0.2, -0.15) is 0 Å². The molecular weight excluding hydrogens is 281 g/mol. The molecule has 0 fully saturated rings. The number of amides is 1. The minimum absolute atomic E-state index is 0.0376. The fraction of sp³-hybridized carbons (Fsp3) is 0.273. The topological polar surface area (TPSA) is 75.6 Å². The maximum Gasteiger partial charge on any atom is 0.339 e. The van der Waals surface area contributed by atoms with Gasteiger partial charge in [-0.05, 0) is 19.1 Å². The average molecular weight is 292 g/mol. The summed E-state index contributed by atoms with van der Waals surface area (Å²) >= 11 is 11.6. The van der Waals surface area contributed by atoms with Crippen molar-refractivity contribution in [1.82, 2.24) is 5.32 Å². The van der Waals surface area contributed by atoms with E-state index in [0.717, 1.165) is 0 Å². The number of ether oxygens (including phenoxy) is 1. The number of hydrogen-bond donors (Lipinski definition) is 2. The first-order valence-corrected chi connectivity index (χ1v) is 5.73. The fourth-order valence-electron chi connectivity index (χ4n) is 1.27. The van der Waals surface area contributed by atoms with Gasteiger partial charge in [-0.3, -0.25) is 4.79 Å². The lowest BCUT2D eigenvalue weighted by atomic mass is 10.2. The summed E-state index contributed by atoms with van der Waals surface area (Å²) in [5.74, 6) is -1.71. The van der Waals surface area contributed by atoms with E-state index in [1.165, 1.54) is 26.1 Å². The monoisotopic (exact) mass is 291 g/mol. The first kappa shape index (κ1) is 14.6. The maximum atomic E-state index is 11.3. The van der Waals surface area contributed by atoms with Crippen molar-refractivity contribution in [2.45, 2.75) is 13.0 Å². The van der Waals surface area contributed by atoms with E-state index in [1.807, 2.05) is 0 Å². The van der Waals surface area contributed by atoms with Gasteiger partial charge in [0.2, 0.25) is 0 Å². The Morgan fingerprint density at radius 1 is 1.39 bits per heavy atom. The van der Waals surface area contributed by atoms with Crippen LogP contribution in [0.2, 0.25) is 10.0 Å². The highest BCUT2D eigenvalue weighted by Crippen LogP contribution is 2.33. The van der Waals surface area contributed by atoms with Crippen molar-refractivity contribution in [3.8, 4) is 5.75 Å². The first-order chi connectivity index (χ1) is 8.36. The second-order valence-electron chi connectivity index (χ2n) is 3.44. The number of carboxylic acids is 1. The molecule has 0 aliphatic rings. The van der Waals surface area contributed by atoms with Crippen molar-refractivity contribution < 1.29 is 19.4 Å². The normalized spacial score (nSPS) is 11.8. The molecule has 0 bridgehead atoms. The van der Waals surface area contributed by atoms with Gasteiger partial charge >= 0.3 is 5.97 Å². The second-order valence-corrected chi connectivity index (χ2v) is 4.29. The Morgan fingerprint density at radius 3 is 2.50 bits per heavy atom. The number of carboxylic acid groups (broad SMARTS) is 1. The number of carbonyl (C=O) groups is 2. The molecule has 1 atom stereocenters. The summed E-state index contributed by atoms with van der Waals surface area (Å²) in [6.07, 6.45) is -0.869. The number of benzene rings is 1. The molecule has 18 heavy (non-hydrogen) atoms. The molecule has 0 aliphatic carbocycles. The maximum absolute atomic E-state index is 11.3. The molecule has 5 nitrogen and oxygen atoms in total. The van der Waals surface area contributed by atoms with Crippen molar-refractivity contribution in [1.29, 1.82) is 0 Å². The quantitative estimate of drug-likeness (QED) is 0.892. The van der Waals surface area contributed by atoms with E-state index in [4.69, 9.17) is 33.0 Å². The highest BCUT2D eigenvalue weighted by atomic mass is 35.5. The summed E-state index contributed by atoms with van der Waals surface area (Å²) in [4.78, 5) is 22.4. The lowest BCUT2D eigenvalue weighted by Crippen LogP contribution is -2.34. The van der Waals surface area contributed by atoms with Crippen LogP contribution in [0.4, 0.5) is 0 Å². The minimum atomic E-state index is -1.24. The van der Waals surface area contributed by atoms with Crippen molar-refractivity contribution in [3.63, 3.8) is 0 Å². The lowest BCUT2D eigenvalue weighted by Gasteiger charge is -2.16. The highest BCUT2D eigenvalue weighted by molar-refractivity contribution is 6.36. The number of halogens is 2. The highest BCUT2D eigenvalue weighted by Gasteiger charge is 2.21. The molecule has 0 spiro atoms. The molecule has 0 aliphatic heterocycles. The Kier molecular flexibility index (Phi) is 4.81. The van der Waals surface area contributed by atoms with E-state index >= 15 is 0 Å². The minimum Gasteiger partial charge on any atom is -0.478 e. The van der Waals surface area contributed by atoms with Crippen molar-refractivity contribution in [3.05, 3.63) is 27.7 Å². The van der Waals surface area contributed by atoms with Gasteiger partial charge in [-0.15, -0.1) is 0 Å². The smallest absolute Gasteiger partial charge is 0.339 e. The molecule has 1 unspecified atom stereocenters. The van der Waals surface area contributed by atoms with E-state index in [1.54, 1.807) is 0 Å². The molecule has 2 N–H and O–H groups in total. The third kappa shape index (κ3) is 3.27. The molecular formula is C11H11Cl2NO4. The van der Waals surface area contributed by atoms with E-state index in [2.05, 4.69) is 5.32 Å². The Hall–Kier alpha value is -1.46. The van der Waals surface area contributed by atoms with Crippen LogP contribution in [0.15, 0.2) is 12.1 Å². The largest absolute Gasteiger partial charge is 0.478 e. The summed E-state index contributed by atoms with van der Waals surface area (Å²) in [5.41, 5.74) is -0.191. The van der Waals surface area contributed by atoms with Gasteiger partial charge in [-0.25, -0.2) is 4.79 Å². The molecule has 1 rings (SSSR count). The zero-order chi connectivity index (χ0) is 13.9. The SMILES string of the molecule is CNC(=O)C(C)Oc1c(Cl)cc(Cl)cc1C(=O)O. The molecule has 0 heterocycles. The summed E-state index contributed by atoms with van der Waals surface area (Å²) < 4.78 is 5.26. The molecule has 0 aromatic heterocycles. The Bertz CT molecular complexity index is 490. The van der Waals surface area contributed by atoms with Crippen molar-refractivity contribution in [2.24, 2.45) is 0 Å². The molecule has 1 amide bonds. The zero-order valence-corrected chi connectivity index (χ0v) is 11.2. The number of hydrogen-bond acceptors (Lipinski definition) is 3. The predicted molar refractivity (Wildman–Crippen MR) is 67.6 cm³/mol. The Balaban J connectivity index is 3.15. The van der Waals surface area contributed by atoms with Crippen LogP contribution < -0.4 is 10.1 Å². The summed E-state index contributed by atoms with van der Waals surface area (Å²) in [5, 5.41) is 11.6. The molecule has 0 saturated carbocycles. The van der Waals surface area contributed by atoms with Gasteiger partial charge in [0.15, 0.2) is 11.9 Å². The van der Waals surface area contributed by atoms with Crippen LogP contribution in [0.5, 0.6) is 5.75 Å². The van der Waals surface area contributed by atoms with Gasteiger partial charge in [0.1, 0.15) is 5.56 Å². The summed E-state index contributed by atoms with van der Waals surface area (Å²) in [6.45, 7) is 1.48. The van der Waals surface area contributed by atoms with Crippen LogP contribution >= 0.6 is 23.2 Å². The van der Waals surface area contributed by atoms with Crippen LogP contribution in [-0.2, 0) is 4.79 Å². The van der Waals surface area contributed by atoms with Gasteiger partial charge in [0.05, 0.1) is 5.02 Å². The zero-order valence-electron chi connectivity index (χ0n) is 9.66. The number of nitrogens with one attached hydrogen (secondary N) is 1. The van der Waals surface area contributed by atoms with Crippen molar-refractivity contribution in [2.75, 3.05) is 7.05 Å². The summed E-state index contributed by atoms with van der Waals surface area (Å²) in [7, 11) is 1.45. The van der Waals surface area contributed by atoms with E-state index in [9.17, 15) is 9.59 Å². The number of rotatable bonds is 4. The number of likely N-dealkylation sites (N-methyl/N-ethyl adjacent to an activating group) is 1. The van der Waals surface area contributed by atoms with Gasteiger partial charge in [0, 0.05) is 12.1 Å². The van der Waals surface area contributed by atoms with E-state index in [0.29, 0.717) is 0 Å². The second kappa shape index (κ2) is 5.93. The molecule has 0 saturated heterocycles. The molecule has 98 valence electrons. The molecule has 1 aromatic carbocycles. The van der Waals surface area contributed by atoms with Crippen LogP contribution in [0.25, 0.3) is 0 Å². The Labute approximate surface area is 114 Å². The van der Waals surface area contributed by atoms with Crippen LogP contribution in [0.1, 0.15) is 17.3 Å². The summed E-state index contributed by atoms with van der Waals surface area (Å²) in [6, 6.07) is 2.56. The van der Waals surface area contributed by atoms with Gasteiger partial charge in [-0.1, -0.05) is 23.2 Å².